The third-order valence-electron chi connectivity index (χ3n) is 2.52. The van der Waals surface area contributed by atoms with Crippen LogP contribution in [0.2, 0.25) is 0 Å². The Bertz CT molecular complexity index is 159. The van der Waals surface area contributed by atoms with Gasteiger partial charge in [0, 0.05) is 19.1 Å². The first kappa shape index (κ1) is 12.0. The summed E-state index contributed by atoms with van der Waals surface area (Å²) < 4.78 is 5.92. The van der Waals surface area contributed by atoms with Crippen molar-refractivity contribution in [2.24, 2.45) is 0 Å². The van der Waals surface area contributed by atoms with E-state index in [-0.39, 0.29) is 0 Å². The molecule has 1 rings (SSSR count). The average molecular weight is 200 g/mol. The molecule has 1 aliphatic rings. The Kier molecular flexibility index (Phi) is 4.85. The number of rotatable bonds is 5. The first-order valence-corrected chi connectivity index (χ1v) is 5.61. The molecule has 1 N–H and O–H groups in total. The van der Waals surface area contributed by atoms with Crippen molar-refractivity contribution in [3.63, 3.8) is 0 Å². The summed E-state index contributed by atoms with van der Waals surface area (Å²) in [6.07, 6.45) is 3.30. The third-order valence-corrected chi connectivity index (χ3v) is 2.52. The molecule has 2 unspecified atom stereocenters. The lowest BCUT2D eigenvalue weighted by Crippen LogP contribution is -2.33. The number of hydrogen-bond donors (Lipinski definition) is 1. The third kappa shape index (κ3) is 4.40. The van der Waals surface area contributed by atoms with Crippen LogP contribution in [0.25, 0.3) is 0 Å². The highest BCUT2D eigenvalue weighted by Crippen LogP contribution is 2.19. The Hall–Kier alpha value is -0.120. The second-order valence-electron chi connectivity index (χ2n) is 4.78. The Balaban J connectivity index is 2.14. The fourth-order valence-corrected chi connectivity index (χ4v) is 1.84. The molecule has 3 nitrogen and oxygen atoms in total. The second-order valence-corrected chi connectivity index (χ2v) is 4.78. The van der Waals surface area contributed by atoms with Gasteiger partial charge in [-0.2, -0.15) is 0 Å². The normalized spacial score (nSPS) is 27.9. The highest BCUT2D eigenvalue weighted by molar-refractivity contribution is 4.77. The number of ether oxygens (including phenoxy) is 1. The highest BCUT2D eigenvalue weighted by Gasteiger charge is 2.25. The Morgan fingerprint density at radius 2 is 1.93 bits per heavy atom. The van der Waals surface area contributed by atoms with Crippen molar-refractivity contribution >= 4 is 0 Å². The van der Waals surface area contributed by atoms with Crippen molar-refractivity contribution in [3.8, 4) is 0 Å². The van der Waals surface area contributed by atoms with Crippen LogP contribution >= 0.6 is 0 Å². The molecule has 1 heterocycles. The summed E-state index contributed by atoms with van der Waals surface area (Å²) in [7, 11) is 4.20. The molecule has 1 saturated heterocycles. The molecule has 0 spiro atoms. The summed E-state index contributed by atoms with van der Waals surface area (Å²) in [5.41, 5.74) is 0. The molecule has 0 aromatic rings. The molecule has 0 saturated carbocycles. The molecule has 0 bridgehead atoms. The highest BCUT2D eigenvalue weighted by atomic mass is 16.5. The van der Waals surface area contributed by atoms with E-state index >= 15 is 0 Å². The van der Waals surface area contributed by atoms with E-state index in [1.165, 1.54) is 12.8 Å². The van der Waals surface area contributed by atoms with E-state index in [4.69, 9.17) is 4.74 Å². The van der Waals surface area contributed by atoms with Crippen LogP contribution < -0.4 is 5.32 Å². The Labute approximate surface area is 87.8 Å². The fraction of sp³-hybridized carbons (Fsp3) is 1.00. The molecule has 2 atom stereocenters. The maximum Gasteiger partial charge on any atom is 0.0707 e. The van der Waals surface area contributed by atoms with Crippen LogP contribution in [0.1, 0.15) is 26.7 Å². The predicted octanol–water partition coefficient (Wildman–Crippen LogP) is 1.09. The standard InChI is InChI=1S/C11H24N2O/c1-9(2)12-7-10-5-6-11(14-10)8-13(3)4/h9-12H,5-8H2,1-4H3. The summed E-state index contributed by atoms with van der Waals surface area (Å²) in [6.45, 7) is 6.40. The molecule has 3 heteroatoms. The van der Waals surface area contributed by atoms with E-state index < -0.39 is 0 Å². The van der Waals surface area contributed by atoms with Gasteiger partial charge in [0.15, 0.2) is 0 Å². The summed E-state index contributed by atoms with van der Waals surface area (Å²) in [6, 6.07) is 0.562. The maximum atomic E-state index is 5.92. The molecule has 14 heavy (non-hydrogen) atoms. The zero-order valence-corrected chi connectivity index (χ0v) is 9.92. The topological polar surface area (TPSA) is 24.5 Å². The van der Waals surface area contributed by atoms with Gasteiger partial charge >= 0.3 is 0 Å². The van der Waals surface area contributed by atoms with Crippen LogP contribution in [-0.4, -0.2) is 50.3 Å². The number of hydrogen-bond acceptors (Lipinski definition) is 3. The summed E-state index contributed by atoms with van der Waals surface area (Å²) in [5.74, 6) is 0. The van der Waals surface area contributed by atoms with E-state index in [9.17, 15) is 0 Å². The van der Waals surface area contributed by atoms with Crippen molar-refractivity contribution in [1.82, 2.24) is 10.2 Å². The molecular weight excluding hydrogens is 176 g/mol. The van der Waals surface area contributed by atoms with Gasteiger partial charge in [-0.05, 0) is 26.9 Å². The molecule has 84 valence electrons. The quantitative estimate of drug-likeness (QED) is 0.719. The van der Waals surface area contributed by atoms with Gasteiger partial charge in [-0.3, -0.25) is 0 Å². The first-order valence-electron chi connectivity index (χ1n) is 5.61. The van der Waals surface area contributed by atoms with Crippen LogP contribution in [0.15, 0.2) is 0 Å². The van der Waals surface area contributed by atoms with Crippen molar-refractivity contribution in [2.75, 3.05) is 27.2 Å². The maximum absolute atomic E-state index is 5.92. The lowest BCUT2D eigenvalue weighted by Gasteiger charge is -2.18. The van der Waals surface area contributed by atoms with Gasteiger partial charge in [0.1, 0.15) is 0 Å². The van der Waals surface area contributed by atoms with E-state index in [2.05, 4.69) is 38.2 Å². The molecular formula is C11H24N2O. The number of likely N-dealkylation sites (N-methyl/N-ethyl adjacent to an activating group) is 1. The van der Waals surface area contributed by atoms with Crippen LogP contribution in [0.5, 0.6) is 0 Å². The molecule has 0 aromatic heterocycles. The average Bonchev–Trinajstić information content (AvgIpc) is 2.47. The van der Waals surface area contributed by atoms with Gasteiger partial charge in [-0.1, -0.05) is 13.8 Å². The minimum atomic E-state index is 0.433. The zero-order valence-electron chi connectivity index (χ0n) is 9.92. The summed E-state index contributed by atoms with van der Waals surface area (Å²) in [5, 5.41) is 3.42. The predicted molar refractivity (Wildman–Crippen MR) is 59.6 cm³/mol. The zero-order chi connectivity index (χ0) is 10.6. The smallest absolute Gasteiger partial charge is 0.0707 e. The summed E-state index contributed by atoms with van der Waals surface area (Å²) in [4.78, 5) is 2.20. The van der Waals surface area contributed by atoms with E-state index in [0.717, 1.165) is 13.1 Å². The largest absolute Gasteiger partial charge is 0.372 e. The molecule has 0 aromatic carbocycles. The first-order chi connectivity index (χ1) is 6.58. The fourth-order valence-electron chi connectivity index (χ4n) is 1.84. The minimum absolute atomic E-state index is 0.433. The molecule has 1 fully saturated rings. The van der Waals surface area contributed by atoms with Gasteiger partial charge in [0.05, 0.1) is 12.2 Å². The van der Waals surface area contributed by atoms with Crippen molar-refractivity contribution in [3.05, 3.63) is 0 Å². The van der Waals surface area contributed by atoms with Gasteiger partial charge in [-0.15, -0.1) is 0 Å². The molecule has 0 radical (unpaired) electrons. The van der Waals surface area contributed by atoms with Crippen LogP contribution in [-0.2, 0) is 4.74 Å². The van der Waals surface area contributed by atoms with Crippen LogP contribution in [0, 0.1) is 0 Å². The lowest BCUT2D eigenvalue weighted by atomic mass is 10.2. The van der Waals surface area contributed by atoms with Gasteiger partial charge in [0.25, 0.3) is 0 Å². The Morgan fingerprint density at radius 3 is 2.50 bits per heavy atom. The van der Waals surface area contributed by atoms with Crippen LogP contribution in [0.3, 0.4) is 0 Å². The SMILES string of the molecule is CC(C)NCC1CCC(CN(C)C)O1. The number of nitrogens with zero attached hydrogens (tertiary/aromatic N) is 1. The number of nitrogens with one attached hydrogen (secondary N) is 1. The van der Waals surface area contributed by atoms with Crippen molar-refractivity contribution in [2.45, 2.75) is 44.9 Å². The van der Waals surface area contributed by atoms with E-state index in [1.54, 1.807) is 0 Å². The minimum Gasteiger partial charge on any atom is -0.372 e. The van der Waals surface area contributed by atoms with E-state index in [0.29, 0.717) is 18.2 Å². The van der Waals surface area contributed by atoms with Gasteiger partial charge < -0.3 is 15.0 Å². The Morgan fingerprint density at radius 1 is 1.29 bits per heavy atom. The summed E-state index contributed by atoms with van der Waals surface area (Å²) >= 11 is 0. The van der Waals surface area contributed by atoms with Gasteiger partial charge in [0.2, 0.25) is 0 Å². The molecule has 1 aliphatic heterocycles. The van der Waals surface area contributed by atoms with Gasteiger partial charge in [-0.25, -0.2) is 0 Å². The van der Waals surface area contributed by atoms with Crippen LogP contribution in [0.4, 0.5) is 0 Å². The van der Waals surface area contributed by atoms with Crippen molar-refractivity contribution in [1.29, 1.82) is 0 Å². The van der Waals surface area contributed by atoms with Crippen molar-refractivity contribution < 1.29 is 4.74 Å². The molecule has 0 amide bonds. The monoisotopic (exact) mass is 200 g/mol. The lowest BCUT2D eigenvalue weighted by molar-refractivity contribution is 0.0308. The van der Waals surface area contributed by atoms with E-state index in [1.807, 2.05) is 0 Å². The second kappa shape index (κ2) is 5.69. The molecule has 0 aliphatic carbocycles.